The molecule has 0 aliphatic heterocycles. The predicted molar refractivity (Wildman–Crippen MR) is 55.4 cm³/mol. The number of halogens is 3. The molecule has 0 unspecified atom stereocenters. The van der Waals surface area contributed by atoms with E-state index in [0.717, 1.165) is 12.1 Å². The van der Waals surface area contributed by atoms with E-state index in [1.807, 2.05) is 0 Å². The normalized spacial score (nSPS) is 12.4. The summed E-state index contributed by atoms with van der Waals surface area (Å²) in [5, 5.41) is 6.86. The van der Waals surface area contributed by atoms with Gasteiger partial charge in [-0.1, -0.05) is 0 Å². The van der Waals surface area contributed by atoms with Crippen molar-refractivity contribution in [3.63, 3.8) is 0 Å². The maximum absolute atomic E-state index is 12.2. The zero-order valence-corrected chi connectivity index (χ0v) is 9.27. The summed E-state index contributed by atoms with van der Waals surface area (Å²) in [6, 6.07) is 3.04. The molecule has 1 aromatic carbocycles. The van der Waals surface area contributed by atoms with E-state index in [1.165, 1.54) is 0 Å². The number of rotatable bonds is 3. The highest BCUT2D eigenvalue weighted by Gasteiger charge is 2.30. The van der Waals surface area contributed by atoms with Gasteiger partial charge >= 0.3 is 6.18 Å². The second-order valence-corrected chi connectivity index (χ2v) is 5.30. The Balaban J connectivity index is 3.08. The van der Waals surface area contributed by atoms with Gasteiger partial charge in [0.2, 0.25) is 0 Å². The number of hydrogen-bond acceptors (Lipinski definition) is 3. The Kier molecular flexibility index (Phi) is 3.46. The van der Waals surface area contributed by atoms with Gasteiger partial charge in [-0.15, -0.1) is 0 Å². The van der Waals surface area contributed by atoms with Gasteiger partial charge in [0.15, 0.2) is 9.84 Å². The Hall–Kier alpha value is -1.57. The minimum Gasteiger partial charge on any atom is -0.387 e. The van der Waals surface area contributed by atoms with Gasteiger partial charge in [-0.05, 0) is 24.3 Å². The lowest BCUT2D eigenvalue weighted by molar-refractivity contribution is -0.137. The Bertz CT molecular complexity index is 520. The summed E-state index contributed by atoms with van der Waals surface area (Å²) in [6.45, 7) is 0. The van der Waals surface area contributed by atoms with Crippen molar-refractivity contribution in [2.45, 2.75) is 11.1 Å². The van der Waals surface area contributed by atoms with Crippen molar-refractivity contribution in [2.75, 3.05) is 5.75 Å². The van der Waals surface area contributed by atoms with Crippen LogP contribution in [0.3, 0.4) is 0 Å². The summed E-state index contributed by atoms with van der Waals surface area (Å²) in [4.78, 5) is -0.291. The molecule has 1 rings (SSSR count). The van der Waals surface area contributed by atoms with Gasteiger partial charge in [-0.2, -0.15) is 13.2 Å². The molecule has 0 saturated heterocycles. The molecule has 0 atom stereocenters. The molecule has 8 heteroatoms. The van der Waals surface area contributed by atoms with Gasteiger partial charge in [-0.25, -0.2) is 8.42 Å². The van der Waals surface area contributed by atoms with Gasteiger partial charge in [0, 0.05) is 0 Å². The number of benzene rings is 1. The van der Waals surface area contributed by atoms with E-state index >= 15 is 0 Å². The van der Waals surface area contributed by atoms with Gasteiger partial charge in [0.05, 0.1) is 10.5 Å². The van der Waals surface area contributed by atoms with Crippen LogP contribution in [0.2, 0.25) is 0 Å². The fourth-order valence-corrected chi connectivity index (χ4v) is 2.27. The van der Waals surface area contributed by atoms with Gasteiger partial charge in [0.25, 0.3) is 0 Å². The van der Waals surface area contributed by atoms with E-state index in [0.29, 0.717) is 12.1 Å². The molecule has 1 aromatic rings. The Morgan fingerprint density at radius 1 is 1.24 bits per heavy atom. The molecular weight excluding hydrogens is 257 g/mol. The quantitative estimate of drug-likeness (QED) is 0.641. The molecule has 94 valence electrons. The molecule has 17 heavy (non-hydrogen) atoms. The third kappa shape index (κ3) is 3.45. The monoisotopic (exact) mass is 266 g/mol. The average Bonchev–Trinajstić information content (AvgIpc) is 2.14. The molecular formula is C9H9F3N2O2S. The topological polar surface area (TPSA) is 84.0 Å². The molecule has 0 aliphatic carbocycles. The van der Waals surface area contributed by atoms with Crippen LogP contribution < -0.4 is 5.73 Å². The molecule has 0 amide bonds. The Morgan fingerprint density at radius 3 is 2.06 bits per heavy atom. The lowest BCUT2D eigenvalue weighted by Gasteiger charge is -2.07. The lowest BCUT2D eigenvalue weighted by Crippen LogP contribution is -2.22. The number of nitrogens with two attached hydrogens (primary N) is 1. The zero-order chi connectivity index (χ0) is 13.3. The Morgan fingerprint density at radius 2 is 1.71 bits per heavy atom. The van der Waals surface area contributed by atoms with Crippen LogP contribution in [0.15, 0.2) is 29.2 Å². The molecule has 0 aromatic heterocycles. The van der Waals surface area contributed by atoms with Crippen molar-refractivity contribution in [2.24, 2.45) is 5.73 Å². The number of sulfone groups is 1. The second kappa shape index (κ2) is 4.36. The fraction of sp³-hybridized carbons (Fsp3) is 0.222. The Labute approximate surface area is 95.7 Å². The van der Waals surface area contributed by atoms with Crippen LogP contribution >= 0.6 is 0 Å². The minimum absolute atomic E-state index is 0.291. The highest BCUT2D eigenvalue weighted by atomic mass is 32.2. The average molecular weight is 266 g/mol. The summed E-state index contributed by atoms with van der Waals surface area (Å²) in [5.41, 5.74) is 4.01. The molecule has 0 saturated carbocycles. The van der Waals surface area contributed by atoms with E-state index < -0.39 is 33.2 Å². The van der Waals surface area contributed by atoms with Gasteiger partial charge < -0.3 is 5.73 Å². The SMILES string of the molecule is N=C(N)CS(=O)(=O)c1ccc(C(F)(F)F)cc1. The maximum atomic E-state index is 12.2. The number of nitrogens with one attached hydrogen (secondary N) is 1. The van der Waals surface area contributed by atoms with E-state index in [4.69, 9.17) is 11.1 Å². The molecule has 0 heterocycles. The van der Waals surface area contributed by atoms with Crippen LogP contribution in [0.1, 0.15) is 5.56 Å². The zero-order valence-electron chi connectivity index (χ0n) is 8.45. The van der Waals surface area contributed by atoms with Crippen molar-refractivity contribution in [3.8, 4) is 0 Å². The van der Waals surface area contributed by atoms with Crippen LogP contribution in [0, 0.1) is 5.41 Å². The third-order valence-corrected chi connectivity index (χ3v) is 3.57. The lowest BCUT2D eigenvalue weighted by atomic mass is 10.2. The van der Waals surface area contributed by atoms with Crippen LogP contribution in [-0.4, -0.2) is 20.0 Å². The number of hydrogen-bond donors (Lipinski definition) is 2. The van der Waals surface area contributed by atoms with Crippen molar-refractivity contribution >= 4 is 15.7 Å². The van der Waals surface area contributed by atoms with Gasteiger partial charge in [0.1, 0.15) is 11.6 Å². The van der Waals surface area contributed by atoms with Crippen molar-refractivity contribution in [1.29, 1.82) is 5.41 Å². The maximum Gasteiger partial charge on any atom is 0.416 e. The second-order valence-electron chi connectivity index (χ2n) is 3.31. The summed E-state index contributed by atoms with van der Waals surface area (Å²) in [5.74, 6) is -1.27. The molecule has 0 fully saturated rings. The fourth-order valence-electron chi connectivity index (χ4n) is 1.14. The molecule has 0 bridgehead atoms. The smallest absolute Gasteiger partial charge is 0.387 e. The van der Waals surface area contributed by atoms with E-state index in [2.05, 4.69) is 0 Å². The van der Waals surface area contributed by atoms with Crippen molar-refractivity contribution in [1.82, 2.24) is 0 Å². The highest BCUT2D eigenvalue weighted by Crippen LogP contribution is 2.29. The number of amidine groups is 1. The predicted octanol–water partition coefficient (Wildman–Crippen LogP) is 1.42. The first-order valence-corrected chi connectivity index (χ1v) is 6.01. The van der Waals surface area contributed by atoms with Crippen LogP contribution in [-0.2, 0) is 16.0 Å². The standard InChI is InChI=1S/C9H9F3N2O2S/c10-9(11,12)6-1-3-7(4-2-6)17(15,16)5-8(13)14/h1-4H,5H2,(H3,13,14). The summed E-state index contributed by atoms with van der Waals surface area (Å²) < 4.78 is 59.7. The van der Waals surface area contributed by atoms with Gasteiger partial charge in [-0.3, -0.25) is 5.41 Å². The van der Waals surface area contributed by atoms with E-state index in [-0.39, 0.29) is 4.90 Å². The molecule has 0 radical (unpaired) electrons. The van der Waals surface area contributed by atoms with E-state index in [9.17, 15) is 21.6 Å². The van der Waals surface area contributed by atoms with Crippen molar-refractivity contribution in [3.05, 3.63) is 29.8 Å². The molecule has 0 spiro atoms. The van der Waals surface area contributed by atoms with Crippen LogP contribution in [0.4, 0.5) is 13.2 Å². The largest absolute Gasteiger partial charge is 0.416 e. The van der Waals surface area contributed by atoms with E-state index in [1.54, 1.807) is 0 Å². The molecule has 4 nitrogen and oxygen atoms in total. The first kappa shape index (κ1) is 13.5. The third-order valence-electron chi connectivity index (χ3n) is 1.89. The first-order valence-electron chi connectivity index (χ1n) is 4.36. The number of alkyl halides is 3. The summed E-state index contributed by atoms with van der Waals surface area (Å²) >= 11 is 0. The van der Waals surface area contributed by atoms with Crippen molar-refractivity contribution < 1.29 is 21.6 Å². The summed E-state index contributed by atoms with van der Waals surface area (Å²) in [6.07, 6.45) is -4.51. The summed E-state index contributed by atoms with van der Waals surface area (Å²) in [7, 11) is -3.84. The molecule has 3 N–H and O–H groups in total. The van der Waals surface area contributed by atoms with Crippen LogP contribution in [0.25, 0.3) is 0 Å². The molecule has 0 aliphatic rings. The minimum atomic E-state index is -4.51. The highest BCUT2D eigenvalue weighted by molar-refractivity contribution is 7.92. The van der Waals surface area contributed by atoms with Crippen LogP contribution in [0.5, 0.6) is 0 Å². The first-order chi connectivity index (χ1) is 7.63.